The Balaban J connectivity index is 4.77. The maximum atomic E-state index is 13.1. The van der Waals surface area contributed by atoms with E-state index in [9.17, 15) is 19.8 Å². The first-order valence-corrected chi connectivity index (χ1v) is 23.5. The summed E-state index contributed by atoms with van der Waals surface area (Å²) in [6.45, 7) is 6.31. The van der Waals surface area contributed by atoms with Gasteiger partial charge in [0.25, 0.3) is 0 Å². The van der Waals surface area contributed by atoms with E-state index >= 15 is 0 Å². The molecule has 0 bridgehead atoms. The summed E-state index contributed by atoms with van der Waals surface area (Å²) in [5, 5.41) is 23.6. The van der Waals surface area contributed by atoms with Crippen LogP contribution in [0.3, 0.4) is 0 Å². The van der Waals surface area contributed by atoms with Crippen molar-refractivity contribution in [3.05, 3.63) is 60.8 Å². The minimum atomic E-state index is -0.816. The third kappa shape index (κ3) is 38.4. The Hall–Kier alpha value is -2.44. The van der Waals surface area contributed by atoms with Crippen LogP contribution in [0, 0.1) is 0 Å². The van der Waals surface area contributed by atoms with Crippen molar-refractivity contribution >= 4 is 11.9 Å². The molecule has 56 heavy (non-hydrogen) atoms. The summed E-state index contributed by atoms with van der Waals surface area (Å²) in [7, 11) is 0. The molecule has 0 aromatic carbocycles. The van der Waals surface area contributed by atoms with Gasteiger partial charge in [0.1, 0.15) is 6.10 Å². The van der Waals surface area contributed by atoms with E-state index in [1.165, 1.54) is 109 Å². The highest BCUT2D eigenvalue weighted by molar-refractivity contribution is 5.78. The van der Waals surface area contributed by atoms with Crippen LogP contribution in [0.2, 0.25) is 0 Å². The van der Waals surface area contributed by atoms with Crippen molar-refractivity contribution in [1.29, 1.82) is 0 Å². The summed E-state index contributed by atoms with van der Waals surface area (Å²) in [5.74, 6) is -0.628. The van der Waals surface area contributed by atoms with Gasteiger partial charge in [0, 0.05) is 6.42 Å². The number of nitrogens with one attached hydrogen (secondary N) is 1. The molecular formula is C50H89NO5. The number of carbonyl (C=O) groups excluding carboxylic acids is 2. The van der Waals surface area contributed by atoms with E-state index < -0.39 is 18.2 Å². The zero-order chi connectivity index (χ0) is 41.0. The average Bonchev–Trinajstić information content (AvgIpc) is 3.19. The van der Waals surface area contributed by atoms with Crippen LogP contribution < -0.4 is 5.32 Å². The van der Waals surface area contributed by atoms with Crippen LogP contribution >= 0.6 is 0 Å². The third-order valence-electron chi connectivity index (χ3n) is 10.4. The Kier molecular flexibility index (Phi) is 41.8. The summed E-state index contributed by atoms with van der Waals surface area (Å²) in [5.41, 5.74) is 0. The summed E-state index contributed by atoms with van der Waals surface area (Å²) in [4.78, 5) is 25.9. The first-order valence-electron chi connectivity index (χ1n) is 23.5. The van der Waals surface area contributed by atoms with Gasteiger partial charge in [-0.05, 0) is 51.0 Å². The highest BCUT2D eigenvalue weighted by atomic mass is 16.5. The second-order valence-electron chi connectivity index (χ2n) is 15.8. The molecule has 324 valence electrons. The van der Waals surface area contributed by atoms with Gasteiger partial charge in [0.2, 0.25) is 5.91 Å². The van der Waals surface area contributed by atoms with Crippen molar-refractivity contribution < 1.29 is 24.5 Å². The van der Waals surface area contributed by atoms with E-state index in [1.54, 1.807) is 6.08 Å². The normalized spacial score (nSPS) is 13.9. The second kappa shape index (κ2) is 43.7. The number of aliphatic hydroxyl groups is 2. The average molecular weight is 784 g/mol. The number of carbonyl (C=O) groups is 2. The molecule has 0 saturated carbocycles. The number of esters is 1. The largest absolute Gasteiger partial charge is 0.458 e. The molecule has 0 spiro atoms. The Morgan fingerprint density at radius 1 is 0.536 bits per heavy atom. The molecule has 3 unspecified atom stereocenters. The van der Waals surface area contributed by atoms with Crippen LogP contribution in [-0.4, -0.2) is 46.9 Å². The quantitative estimate of drug-likeness (QED) is 0.0326. The maximum Gasteiger partial charge on any atom is 0.306 e. The van der Waals surface area contributed by atoms with E-state index in [0.717, 1.165) is 64.2 Å². The van der Waals surface area contributed by atoms with Gasteiger partial charge in [-0.25, -0.2) is 0 Å². The molecule has 0 aromatic heterocycles. The third-order valence-corrected chi connectivity index (χ3v) is 10.4. The fraction of sp³-hybridized carbons (Fsp3) is 0.760. The van der Waals surface area contributed by atoms with E-state index in [0.29, 0.717) is 19.3 Å². The molecule has 0 aliphatic heterocycles. The minimum absolute atomic E-state index is 0.0451. The van der Waals surface area contributed by atoms with Gasteiger partial charge in [0.05, 0.1) is 25.2 Å². The Morgan fingerprint density at radius 2 is 0.929 bits per heavy atom. The number of unbranched alkanes of at least 4 members (excludes halogenated alkanes) is 21. The lowest BCUT2D eigenvalue weighted by Gasteiger charge is -2.23. The number of hydrogen-bond acceptors (Lipinski definition) is 5. The van der Waals surface area contributed by atoms with Gasteiger partial charge >= 0.3 is 5.97 Å². The Morgan fingerprint density at radius 3 is 1.36 bits per heavy atom. The number of rotatable bonds is 41. The van der Waals surface area contributed by atoms with E-state index in [-0.39, 0.29) is 24.9 Å². The molecule has 3 atom stereocenters. The standard InChI is InChI=1S/C50H89NO5/c1-4-7-10-13-16-19-22-24-26-27-29-32-35-38-41-46(56-50(55)43-40-37-34-31-28-25-23-20-17-14-11-8-5-2)44-49(54)51-47(45-52)48(53)42-39-36-33-30-21-18-15-12-9-6-3/h7,10,16,19,24,26,29,32,38,41,46-48,52-53H,4-6,8-9,11-15,17-18,20-23,25,27-28,30-31,33-37,39-40,42-45H2,1-3H3,(H,51,54)/b10-7+,19-16+,26-24+,32-29+,41-38+. The van der Waals surface area contributed by atoms with Gasteiger partial charge in [0.15, 0.2) is 0 Å². The maximum absolute atomic E-state index is 13.1. The van der Waals surface area contributed by atoms with Crippen molar-refractivity contribution in [3.8, 4) is 0 Å². The number of hydrogen-bond donors (Lipinski definition) is 3. The SMILES string of the molecule is CC/C=C/C/C=C/C/C=C/C/C=C/C/C=C/C(CC(=O)NC(CO)C(O)CCCCCCCCCCCC)OC(=O)CCCCCCCCCCCCCCC. The summed E-state index contributed by atoms with van der Waals surface area (Å²) in [6.07, 6.45) is 53.1. The van der Waals surface area contributed by atoms with Crippen molar-refractivity contribution in [2.45, 2.75) is 238 Å². The zero-order valence-corrected chi connectivity index (χ0v) is 36.8. The molecule has 0 aliphatic carbocycles. The highest BCUT2D eigenvalue weighted by Gasteiger charge is 2.23. The molecular weight excluding hydrogens is 695 g/mol. The fourth-order valence-corrected chi connectivity index (χ4v) is 6.80. The predicted octanol–water partition coefficient (Wildman–Crippen LogP) is 13.7. The van der Waals surface area contributed by atoms with Crippen molar-refractivity contribution in [2.75, 3.05) is 6.61 Å². The Labute approximate surface area is 346 Å². The van der Waals surface area contributed by atoms with Crippen molar-refractivity contribution in [2.24, 2.45) is 0 Å². The monoisotopic (exact) mass is 784 g/mol. The van der Waals surface area contributed by atoms with Crippen LogP contribution in [0.5, 0.6) is 0 Å². The summed E-state index contributed by atoms with van der Waals surface area (Å²) in [6, 6.07) is -0.739. The van der Waals surface area contributed by atoms with Gasteiger partial charge in [-0.1, -0.05) is 217 Å². The van der Waals surface area contributed by atoms with Gasteiger partial charge in [-0.3, -0.25) is 9.59 Å². The zero-order valence-electron chi connectivity index (χ0n) is 36.8. The van der Waals surface area contributed by atoms with Crippen LogP contribution in [0.15, 0.2) is 60.8 Å². The molecule has 0 aromatic rings. The van der Waals surface area contributed by atoms with Crippen molar-refractivity contribution in [1.82, 2.24) is 5.32 Å². The minimum Gasteiger partial charge on any atom is -0.458 e. The van der Waals surface area contributed by atoms with Crippen molar-refractivity contribution in [3.63, 3.8) is 0 Å². The predicted molar refractivity (Wildman–Crippen MR) is 241 cm³/mol. The molecule has 3 N–H and O–H groups in total. The molecule has 0 fully saturated rings. The molecule has 0 radical (unpaired) electrons. The number of allylic oxidation sites excluding steroid dienone is 9. The van der Waals surface area contributed by atoms with E-state index in [1.807, 2.05) is 6.08 Å². The Bertz CT molecular complexity index is 1010. The van der Waals surface area contributed by atoms with E-state index in [4.69, 9.17) is 4.74 Å². The van der Waals surface area contributed by atoms with Crippen LogP contribution in [0.4, 0.5) is 0 Å². The van der Waals surface area contributed by atoms with Crippen LogP contribution in [0.25, 0.3) is 0 Å². The molecule has 0 saturated heterocycles. The first kappa shape index (κ1) is 53.6. The molecule has 0 heterocycles. The number of ether oxygens (including phenoxy) is 1. The lowest BCUT2D eigenvalue weighted by molar-refractivity contribution is -0.148. The molecule has 0 rings (SSSR count). The van der Waals surface area contributed by atoms with Crippen LogP contribution in [-0.2, 0) is 14.3 Å². The number of amides is 1. The molecule has 1 amide bonds. The lowest BCUT2D eigenvalue weighted by Crippen LogP contribution is -2.46. The van der Waals surface area contributed by atoms with Crippen LogP contribution in [0.1, 0.15) is 220 Å². The lowest BCUT2D eigenvalue weighted by atomic mass is 10.0. The molecule has 6 nitrogen and oxygen atoms in total. The van der Waals surface area contributed by atoms with Gasteiger partial charge in [-0.2, -0.15) is 0 Å². The fourth-order valence-electron chi connectivity index (χ4n) is 6.80. The first-order chi connectivity index (χ1) is 27.5. The molecule has 6 heteroatoms. The summed E-state index contributed by atoms with van der Waals surface area (Å²) >= 11 is 0. The second-order valence-corrected chi connectivity index (χ2v) is 15.8. The molecule has 0 aliphatic rings. The highest BCUT2D eigenvalue weighted by Crippen LogP contribution is 2.16. The van der Waals surface area contributed by atoms with E-state index in [2.05, 4.69) is 74.7 Å². The summed E-state index contributed by atoms with van der Waals surface area (Å²) < 4.78 is 5.80. The smallest absolute Gasteiger partial charge is 0.306 e. The van der Waals surface area contributed by atoms with Gasteiger partial charge in [-0.15, -0.1) is 0 Å². The topological polar surface area (TPSA) is 95.9 Å². The number of aliphatic hydroxyl groups excluding tert-OH is 2. The van der Waals surface area contributed by atoms with Gasteiger partial charge < -0.3 is 20.3 Å².